The summed E-state index contributed by atoms with van der Waals surface area (Å²) < 4.78 is 34.9. The Labute approximate surface area is 190 Å². The fourth-order valence-corrected chi connectivity index (χ4v) is 5.01. The van der Waals surface area contributed by atoms with Gasteiger partial charge in [-0.15, -0.1) is 0 Å². The van der Waals surface area contributed by atoms with Gasteiger partial charge in [0.15, 0.2) is 11.6 Å². The molecule has 2 rings (SSSR count). The fraction of sp³-hybridized carbons (Fsp3) is 0.786. The van der Waals surface area contributed by atoms with E-state index in [-0.39, 0.29) is 11.7 Å². The number of unbranched alkanes of at least 4 members (excludes halogenated alkanes) is 10. The monoisotopic (exact) mass is 436 g/mol. The van der Waals surface area contributed by atoms with Crippen LogP contribution in [0.25, 0.3) is 0 Å². The summed E-state index contributed by atoms with van der Waals surface area (Å²) in [6.45, 7) is 4.92. The van der Waals surface area contributed by atoms with Crippen LogP contribution in [-0.4, -0.2) is 6.61 Å². The standard InChI is InChI=1S/C28H46F2O/c1-3-5-7-9-11-13-15-23-16-18-24(19-17-23)25-20-21-26(28(30)27(25)29)31-22-14-12-10-8-6-4-2/h20-21,23-24H,3-19,22H2,1-2H3. The molecule has 0 spiro atoms. The summed E-state index contributed by atoms with van der Waals surface area (Å²) >= 11 is 0. The van der Waals surface area contributed by atoms with Gasteiger partial charge in [0.2, 0.25) is 5.82 Å². The molecule has 3 heteroatoms. The van der Waals surface area contributed by atoms with Crippen LogP contribution in [0.3, 0.4) is 0 Å². The average molecular weight is 437 g/mol. The van der Waals surface area contributed by atoms with E-state index in [9.17, 15) is 8.78 Å². The summed E-state index contributed by atoms with van der Waals surface area (Å²) in [7, 11) is 0. The Morgan fingerprint density at radius 2 is 1.29 bits per heavy atom. The molecule has 0 heterocycles. The van der Waals surface area contributed by atoms with Crippen molar-refractivity contribution in [3.8, 4) is 5.75 Å². The average Bonchev–Trinajstić information content (AvgIpc) is 2.79. The predicted octanol–water partition coefficient (Wildman–Crippen LogP) is 9.73. The third kappa shape index (κ3) is 9.49. The zero-order valence-electron chi connectivity index (χ0n) is 20.2. The lowest BCUT2D eigenvalue weighted by molar-refractivity contribution is 0.279. The Balaban J connectivity index is 1.70. The lowest BCUT2D eigenvalue weighted by Gasteiger charge is -2.29. The zero-order chi connectivity index (χ0) is 22.3. The molecule has 0 N–H and O–H groups in total. The minimum atomic E-state index is -0.794. The van der Waals surface area contributed by atoms with Gasteiger partial charge in [0.25, 0.3) is 0 Å². The van der Waals surface area contributed by atoms with E-state index in [4.69, 9.17) is 4.74 Å². The van der Waals surface area contributed by atoms with Gasteiger partial charge in [-0.25, -0.2) is 4.39 Å². The second kappa shape index (κ2) is 15.6. The summed E-state index contributed by atoms with van der Waals surface area (Å²) in [5.74, 6) is -0.470. The van der Waals surface area contributed by atoms with Crippen LogP contribution >= 0.6 is 0 Å². The fourth-order valence-electron chi connectivity index (χ4n) is 5.01. The van der Waals surface area contributed by atoms with E-state index >= 15 is 0 Å². The molecule has 178 valence electrons. The number of halogens is 2. The number of benzene rings is 1. The smallest absolute Gasteiger partial charge is 0.200 e. The van der Waals surface area contributed by atoms with E-state index in [2.05, 4.69) is 13.8 Å². The van der Waals surface area contributed by atoms with Gasteiger partial charge in [0.05, 0.1) is 6.61 Å². The topological polar surface area (TPSA) is 9.23 Å². The first-order chi connectivity index (χ1) is 15.2. The zero-order valence-corrected chi connectivity index (χ0v) is 20.2. The van der Waals surface area contributed by atoms with E-state index < -0.39 is 11.6 Å². The SMILES string of the molecule is CCCCCCCCOc1ccc(C2CCC(CCCCCCCC)CC2)c(F)c1F. The highest BCUT2D eigenvalue weighted by molar-refractivity contribution is 5.33. The van der Waals surface area contributed by atoms with Crippen LogP contribution in [-0.2, 0) is 0 Å². The first-order valence-corrected chi connectivity index (χ1v) is 13.3. The van der Waals surface area contributed by atoms with Gasteiger partial charge in [-0.05, 0) is 55.6 Å². The first-order valence-electron chi connectivity index (χ1n) is 13.3. The molecule has 1 fully saturated rings. The molecule has 31 heavy (non-hydrogen) atoms. The molecule has 1 aromatic rings. The molecule has 1 aliphatic carbocycles. The van der Waals surface area contributed by atoms with Gasteiger partial charge < -0.3 is 4.74 Å². The van der Waals surface area contributed by atoms with Crippen LogP contribution in [0, 0.1) is 17.6 Å². The minimum absolute atomic E-state index is 0.0755. The van der Waals surface area contributed by atoms with Crippen molar-refractivity contribution in [3.63, 3.8) is 0 Å². The Hall–Kier alpha value is -1.12. The maximum absolute atomic E-state index is 14.8. The molecule has 1 saturated carbocycles. The molecule has 0 aliphatic heterocycles. The summed E-state index contributed by atoms with van der Waals surface area (Å²) in [6, 6.07) is 3.42. The third-order valence-corrected chi connectivity index (χ3v) is 7.08. The molecular weight excluding hydrogens is 390 g/mol. The molecule has 0 bridgehead atoms. The maximum atomic E-state index is 14.8. The number of rotatable bonds is 16. The highest BCUT2D eigenvalue weighted by atomic mass is 19.2. The van der Waals surface area contributed by atoms with Gasteiger partial charge in [0, 0.05) is 0 Å². The molecule has 0 aromatic heterocycles. The van der Waals surface area contributed by atoms with Crippen molar-refractivity contribution in [2.75, 3.05) is 6.61 Å². The first kappa shape index (κ1) is 26.1. The highest BCUT2D eigenvalue weighted by Gasteiger charge is 2.26. The van der Waals surface area contributed by atoms with E-state index in [1.54, 1.807) is 12.1 Å². The van der Waals surface area contributed by atoms with Crippen molar-refractivity contribution >= 4 is 0 Å². The van der Waals surface area contributed by atoms with Crippen molar-refractivity contribution in [1.82, 2.24) is 0 Å². The summed E-state index contributed by atoms with van der Waals surface area (Å²) in [5.41, 5.74) is 0.558. The molecule has 1 aliphatic rings. The summed E-state index contributed by atoms with van der Waals surface area (Å²) in [4.78, 5) is 0. The quantitative estimate of drug-likeness (QED) is 0.234. The highest BCUT2D eigenvalue weighted by Crippen LogP contribution is 2.40. The largest absolute Gasteiger partial charge is 0.490 e. The molecule has 0 unspecified atom stereocenters. The van der Waals surface area contributed by atoms with E-state index in [1.807, 2.05) is 0 Å². The van der Waals surface area contributed by atoms with Crippen molar-refractivity contribution < 1.29 is 13.5 Å². The van der Waals surface area contributed by atoms with Crippen LogP contribution in [0.15, 0.2) is 12.1 Å². The summed E-state index contributed by atoms with van der Waals surface area (Å²) in [6.07, 6.45) is 20.5. The van der Waals surface area contributed by atoms with Crippen LogP contribution in [0.5, 0.6) is 5.75 Å². The van der Waals surface area contributed by atoms with Crippen molar-refractivity contribution in [2.24, 2.45) is 5.92 Å². The Bertz CT molecular complexity index is 593. The van der Waals surface area contributed by atoms with E-state index in [0.717, 1.165) is 44.4 Å². The van der Waals surface area contributed by atoms with Gasteiger partial charge in [0.1, 0.15) is 0 Å². The molecular formula is C28H46F2O. The molecule has 0 atom stereocenters. The van der Waals surface area contributed by atoms with Gasteiger partial charge in [-0.2, -0.15) is 4.39 Å². The maximum Gasteiger partial charge on any atom is 0.200 e. The van der Waals surface area contributed by atoms with Crippen LogP contribution in [0.4, 0.5) is 8.78 Å². The number of hydrogen-bond donors (Lipinski definition) is 0. The van der Waals surface area contributed by atoms with Crippen LogP contribution < -0.4 is 4.74 Å². The Kier molecular flexibility index (Phi) is 13.2. The lowest BCUT2D eigenvalue weighted by Crippen LogP contribution is -2.15. The molecule has 0 amide bonds. The Morgan fingerprint density at radius 3 is 1.94 bits per heavy atom. The summed E-state index contributed by atoms with van der Waals surface area (Å²) in [5, 5.41) is 0. The molecule has 0 saturated heterocycles. The minimum Gasteiger partial charge on any atom is -0.490 e. The van der Waals surface area contributed by atoms with Gasteiger partial charge >= 0.3 is 0 Å². The number of hydrogen-bond acceptors (Lipinski definition) is 1. The lowest BCUT2D eigenvalue weighted by atomic mass is 9.77. The van der Waals surface area contributed by atoms with E-state index in [1.165, 1.54) is 70.6 Å². The molecule has 0 radical (unpaired) electrons. The van der Waals surface area contributed by atoms with Gasteiger partial charge in [-0.3, -0.25) is 0 Å². The van der Waals surface area contributed by atoms with Crippen LogP contribution in [0.1, 0.15) is 134 Å². The third-order valence-electron chi connectivity index (χ3n) is 7.08. The van der Waals surface area contributed by atoms with Crippen LogP contribution in [0.2, 0.25) is 0 Å². The Morgan fingerprint density at radius 1 is 0.710 bits per heavy atom. The van der Waals surface area contributed by atoms with E-state index in [0.29, 0.717) is 12.2 Å². The normalized spacial score (nSPS) is 19.0. The number of ether oxygens (including phenoxy) is 1. The second-order valence-electron chi connectivity index (χ2n) is 9.67. The van der Waals surface area contributed by atoms with Crippen molar-refractivity contribution in [3.05, 3.63) is 29.3 Å². The second-order valence-corrected chi connectivity index (χ2v) is 9.67. The van der Waals surface area contributed by atoms with Crippen molar-refractivity contribution in [2.45, 2.75) is 129 Å². The predicted molar refractivity (Wildman–Crippen MR) is 128 cm³/mol. The molecule has 1 nitrogen and oxygen atoms in total. The van der Waals surface area contributed by atoms with Crippen molar-refractivity contribution in [1.29, 1.82) is 0 Å². The van der Waals surface area contributed by atoms with Gasteiger partial charge in [-0.1, -0.05) is 97.0 Å². The molecule has 1 aromatic carbocycles.